The van der Waals surface area contributed by atoms with Gasteiger partial charge in [0.25, 0.3) is 5.91 Å². The first-order chi connectivity index (χ1) is 15.6. The van der Waals surface area contributed by atoms with Crippen molar-refractivity contribution in [2.24, 2.45) is 0 Å². The number of halogens is 3. The Hall–Kier alpha value is -2.79. The predicted molar refractivity (Wildman–Crippen MR) is 122 cm³/mol. The molecule has 176 valence electrons. The molecule has 1 amide bonds. The number of carboxylic acids is 1. The van der Waals surface area contributed by atoms with Gasteiger partial charge in [-0.1, -0.05) is 30.4 Å². The number of ether oxygens (including phenoxy) is 1. The van der Waals surface area contributed by atoms with Crippen molar-refractivity contribution in [2.45, 2.75) is 31.9 Å². The third-order valence-electron chi connectivity index (χ3n) is 4.84. The van der Waals surface area contributed by atoms with E-state index in [0.717, 1.165) is 23.9 Å². The van der Waals surface area contributed by atoms with E-state index in [9.17, 15) is 22.8 Å². The molecule has 1 aliphatic heterocycles. The zero-order valence-corrected chi connectivity index (χ0v) is 19.1. The van der Waals surface area contributed by atoms with Crippen molar-refractivity contribution < 1.29 is 37.0 Å². The molecule has 33 heavy (non-hydrogen) atoms. The van der Waals surface area contributed by atoms with Crippen molar-refractivity contribution in [3.8, 4) is 17.1 Å². The molecule has 2 heterocycles. The van der Waals surface area contributed by atoms with Crippen molar-refractivity contribution in [1.29, 1.82) is 0 Å². The minimum atomic E-state index is -4.49. The van der Waals surface area contributed by atoms with Crippen LogP contribution in [0.15, 0.2) is 39.7 Å². The van der Waals surface area contributed by atoms with Crippen LogP contribution in [0.3, 0.4) is 0 Å². The standard InChI is InChI=1S/C22H20F3NO5S2/c1-30-17-11-13(22(23,24)25)6-8-15(17)16-9-7-14(31-16)12-18-20(29)26(21(32)33-18)10-4-2-3-5-19(27)28/h6-9,11-12H,2-5,10H2,1H3,(H,27,28)/b18-12-. The number of amides is 1. The number of carbonyl (C=O) groups is 2. The smallest absolute Gasteiger partial charge is 0.416 e. The Morgan fingerprint density at radius 2 is 2.00 bits per heavy atom. The Morgan fingerprint density at radius 1 is 1.24 bits per heavy atom. The van der Waals surface area contributed by atoms with Crippen molar-refractivity contribution >= 4 is 46.3 Å². The second kappa shape index (κ2) is 10.4. The van der Waals surface area contributed by atoms with E-state index in [1.54, 1.807) is 12.1 Å². The molecule has 0 aliphatic carbocycles. The number of hydrogen-bond acceptors (Lipinski definition) is 6. The molecule has 0 saturated carbocycles. The van der Waals surface area contributed by atoms with Crippen LogP contribution in [0.25, 0.3) is 17.4 Å². The molecule has 3 rings (SSSR count). The predicted octanol–water partition coefficient (Wildman–Crippen LogP) is 5.82. The van der Waals surface area contributed by atoms with Gasteiger partial charge in [-0.25, -0.2) is 0 Å². The molecule has 1 fully saturated rings. The molecule has 11 heteroatoms. The quantitative estimate of drug-likeness (QED) is 0.265. The fourth-order valence-electron chi connectivity index (χ4n) is 3.19. The van der Waals surface area contributed by atoms with Crippen LogP contribution in [-0.2, 0) is 15.8 Å². The highest BCUT2D eigenvalue weighted by atomic mass is 32.2. The summed E-state index contributed by atoms with van der Waals surface area (Å²) in [6, 6.07) is 6.31. The molecular weight excluding hydrogens is 479 g/mol. The second-order valence-corrected chi connectivity index (χ2v) is 8.83. The summed E-state index contributed by atoms with van der Waals surface area (Å²) in [5.41, 5.74) is -0.486. The molecule has 1 aliphatic rings. The fourth-order valence-corrected chi connectivity index (χ4v) is 4.48. The van der Waals surface area contributed by atoms with Gasteiger partial charge in [0.2, 0.25) is 0 Å². The molecule has 0 bridgehead atoms. The molecule has 0 unspecified atom stereocenters. The summed E-state index contributed by atoms with van der Waals surface area (Å²) in [6.45, 7) is 0.397. The van der Waals surface area contributed by atoms with Gasteiger partial charge in [-0.3, -0.25) is 14.5 Å². The van der Waals surface area contributed by atoms with Crippen LogP contribution in [0, 0.1) is 0 Å². The summed E-state index contributed by atoms with van der Waals surface area (Å²) in [4.78, 5) is 25.1. The number of thioether (sulfide) groups is 1. The molecule has 1 aromatic carbocycles. The Bertz CT molecular complexity index is 1090. The lowest BCUT2D eigenvalue weighted by Crippen LogP contribution is -2.29. The molecule has 0 spiro atoms. The zero-order valence-electron chi connectivity index (χ0n) is 17.5. The van der Waals surface area contributed by atoms with Crippen molar-refractivity contribution in [1.82, 2.24) is 4.90 Å². The number of furan rings is 1. The largest absolute Gasteiger partial charge is 0.496 e. The third kappa shape index (κ3) is 6.17. The highest BCUT2D eigenvalue weighted by molar-refractivity contribution is 8.26. The first kappa shape index (κ1) is 24.8. The van der Waals surface area contributed by atoms with E-state index in [2.05, 4.69) is 0 Å². The Balaban J connectivity index is 1.71. The van der Waals surface area contributed by atoms with Crippen molar-refractivity contribution in [2.75, 3.05) is 13.7 Å². The number of methoxy groups -OCH3 is 1. The number of carboxylic acid groups (broad SMARTS) is 1. The lowest BCUT2D eigenvalue weighted by molar-refractivity contribution is -0.138. The topological polar surface area (TPSA) is 80.0 Å². The molecule has 0 atom stereocenters. The molecular formula is C22H20F3NO5S2. The minimum Gasteiger partial charge on any atom is -0.496 e. The Kier molecular flexibility index (Phi) is 7.85. The number of nitrogens with zero attached hydrogens (tertiary/aromatic N) is 1. The average molecular weight is 500 g/mol. The molecule has 0 radical (unpaired) electrons. The summed E-state index contributed by atoms with van der Waals surface area (Å²) in [5.74, 6) is -0.474. The van der Waals surface area contributed by atoms with Crippen molar-refractivity contribution in [3.63, 3.8) is 0 Å². The maximum absolute atomic E-state index is 13.0. The highest BCUT2D eigenvalue weighted by Gasteiger charge is 2.33. The monoisotopic (exact) mass is 499 g/mol. The summed E-state index contributed by atoms with van der Waals surface area (Å²) in [7, 11) is 1.27. The van der Waals surface area contributed by atoms with E-state index in [0.29, 0.717) is 52.1 Å². The first-order valence-electron chi connectivity index (χ1n) is 9.92. The second-order valence-electron chi connectivity index (χ2n) is 7.15. The fraction of sp³-hybridized carbons (Fsp3) is 0.318. The van der Waals surface area contributed by atoms with Crippen LogP contribution in [0.4, 0.5) is 13.2 Å². The van der Waals surface area contributed by atoms with Gasteiger partial charge in [0.15, 0.2) is 0 Å². The molecule has 1 aromatic heterocycles. The summed E-state index contributed by atoms with van der Waals surface area (Å²) in [5, 5.41) is 8.67. The maximum atomic E-state index is 13.0. The summed E-state index contributed by atoms with van der Waals surface area (Å²) in [6.07, 6.45) is -1.05. The van der Waals surface area contributed by atoms with Gasteiger partial charge in [-0.2, -0.15) is 13.2 Å². The summed E-state index contributed by atoms with van der Waals surface area (Å²) < 4.78 is 50.1. The zero-order chi connectivity index (χ0) is 24.2. The van der Waals surface area contributed by atoms with Gasteiger partial charge in [-0.15, -0.1) is 0 Å². The van der Waals surface area contributed by atoms with Crippen LogP contribution in [0.2, 0.25) is 0 Å². The first-order valence-corrected chi connectivity index (χ1v) is 11.1. The lowest BCUT2D eigenvalue weighted by Gasteiger charge is -2.13. The number of benzene rings is 1. The Morgan fingerprint density at radius 3 is 2.67 bits per heavy atom. The van der Waals surface area contributed by atoms with Gasteiger partial charge in [0, 0.05) is 19.0 Å². The third-order valence-corrected chi connectivity index (χ3v) is 6.22. The number of alkyl halides is 3. The van der Waals surface area contributed by atoms with Gasteiger partial charge in [-0.05, 0) is 43.2 Å². The maximum Gasteiger partial charge on any atom is 0.416 e. The van der Waals surface area contributed by atoms with E-state index >= 15 is 0 Å². The van der Waals surface area contributed by atoms with E-state index in [1.165, 1.54) is 24.2 Å². The minimum absolute atomic E-state index is 0.0138. The average Bonchev–Trinajstić information content (AvgIpc) is 3.31. The number of aliphatic carboxylic acids is 1. The van der Waals surface area contributed by atoms with E-state index in [1.807, 2.05) is 0 Å². The number of unbranched alkanes of at least 4 members (excludes halogenated alkanes) is 2. The summed E-state index contributed by atoms with van der Waals surface area (Å²) >= 11 is 6.41. The molecule has 1 N–H and O–H groups in total. The van der Waals surface area contributed by atoms with Crippen LogP contribution < -0.4 is 4.74 Å². The molecule has 2 aromatic rings. The van der Waals surface area contributed by atoms with Gasteiger partial charge >= 0.3 is 12.1 Å². The van der Waals surface area contributed by atoms with Crippen molar-refractivity contribution in [3.05, 3.63) is 46.6 Å². The van der Waals surface area contributed by atoms with Gasteiger partial charge in [0.1, 0.15) is 21.6 Å². The van der Waals surface area contributed by atoms with Crippen LogP contribution in [-0.4, -0.2) is 39.9 Å². The number of thiocarbonyl (C=S) groups is 1. The van der Waals surface area contributed by atoms with Crippen LogP contribution >= 0.6 is 24.0 Å². The highest BCUT2D eigenvalue weighted by Crippen LogP contribution is 2.38. The lowest BCUT2D eigenvalue weighted by atomic mass is 10.1. The Labute approximate surface area is 197 Å². The van der Waals surface area contributed by atoms with E-state index in [4.69, 9.17) is 26.5 Å². The SMILES string of the molecule is COc1cc(C(F)(F)F)ccc1-c1ccc(/C=C2\SC(=S)N(CCCCCC(=O)O)C2=O)o1. The number of hydrogen-bond donors (Lipinski definition) is 1. The van der Waals surface area contributed by atoms with E-state index in [-0.39, 0.29) is 18.1 Å². The van der Waals surface area contributed by atoms with Crippen LogP contribution in [0.1, 0.15) is 37.0 Å². The molecule has 6 nitrogen and oxygen atoms in total. The van der Waals surface area contributed by atoms with E-state index < -0.39 is 17.7 Å². The van der Waals surface area contributed by atoms with Crippen LogP contribution in [0.5, 0.6) is 5.75 Å². The van der Waals surface area contributed by atoms with Gasteiger partial charge in [0.05, 0.1) is 23.1 Å². The normalized spacial score (nSPS) is 15.5. The number of rotatable bonds is 9. The molecule has 1 saturated heterocycles. The number of carbonyl (C=O) groups excluding carboxylic acids is 1. The van der Waals surface area contributed by atoms with Gasteiger partial charge < -0.3 is 14.3 Å².